The Kier molecular flexibility index (Phi) is 7.80. The molecule has 0 fully saturated rings. The van der Waals surface area contributed by atoms with E-state index in [1.165, 1.54) is 46.9 Å². The molecule has 15 heteroatoms. The van der Waals surface area contributed by atoms with Crippen LogP contribution in [-0.4, -0.2) is 59.1 Å². The quantitative estimate of drug-likeness (QED) is 0.299. The van der Waals surface area contributed by atoms with Gasteiger partial charge in [-0.25, -0.2) is 20.1 Å². The highest BCUT2D eigenvalue weighted by Crippen LogP contribution is 2.32. The van der Waals surface area contributed by atoms with Gasteiger partial charge in [0.1, 0.15) is 17.1 Å². The Morgan fingerprint density at radius 3 is 2.26 bits per heavy atom. The number of nitrogens with zero attached hydrogens (tertiary/aromatic N) is 5. The van der Waals surface area contributed by atoms with E-state index in [0.29, 0.717) is 22.7 Å². The zero-order valence-electron chi connectivity index (χ0n) is 21.0. The van der Waals surface area contributed by atoms with E-state index in [1.54, 1.807) is 18.2 Å². The summed E-state index contributed by atoms with van der Waals surface area (Å²) in [6.07, 6.45) is -0.844. The summed E-state index contributed by atoms with van der Waals surface area (Å²) in [4.78, 5) is 30.0. The molecule has 0 unspecified atom stereocenters. The Morgan fingerprint density at radius 2 is 1.67 bits per heavy atom. The number of nitrogens with one attached hydrogen (secondary N) is 2. The Morgan fingerprint density at radius 1 is 0.949 bits per heavy atom. The summed E-state index contributed by atoms with van der Waals surface area (Å²) in [5, 5.41) is 6.63. The second kappa shape index (κ2) is 11.2. The van der Waals surface area contributed by atoms with E-state index in [9.17, 15) is 18.0 Å². The van der Waals surface area contributed by atoms with E-state index in [1.807, 2.05) is 0 Å². The van der Waals surface area contributed by atoms with Gasteiger partial charge in [0.05, 0.1) is 28.4 Å². The van der Waals surface area contributed by atoms with E-state index in [-0.39, 0.29) is 28.8 Å². The van der Waals surface area contributed by atoms with E-state index >= 15 is 0 Å². The second-order valence-corrected chi connectivity index (χ2v) is 7.72. The number of carbonyl (C=O) groups is 1. The summed E-state index contributed by atoms with van der Waals surface area (Å²) < 4.78 is 56.6. The summed E-state index contributed by atoms with van der Waals surface area (Å²) in [5.41, 5.74) is 2.07. The maximum absolute atomic E-state index is 13.3. The summed E-state index contributed by atoms with van der Waals surface area (Å²) in [6.45, 7) is 0. The van der Waals surface area contributed by atoms with Gasteiger partial charge >= 0.3 is 6.18 Å². The van der Waals surface area contributed by atoms with Crippen LogP contribution >= 0.6 is 0 Å². The van der Waals surface area contributed by atoms with Gasteiger partial charge in [0.15, 0.2) is 11.5 Å². The van der Waals surface area contributed by atoms with Crippen molar-refractivity contribution >= 4 is 17.5 Å². The first-order chi connectivity index (χ1) is 18.7. The molecule has 0 aliphatic rings. The molecule has 0 saturated carbocycles. The highest BCUT2D eigenvalue weighted by Gasteiger charge is 2.34. The number of hydrogen-bond acceptors (Lipinski definition) is 10. The number of methoxy groups -OCH3 is 3. The summed E-state index contributed by atoms with van der Waals surface area (Å²) in [5.74, 6) is 0.327. The predicted octanol–water partition coefficient (Wildman–Crippen LogP) is 3.80. The number of alkyl halides is 3. The third kappa shape index (κ3) is 5.98. The van der Waals surface area contributed by atoms with Crippen LogP contribution in [0.25, 0.3) is 16.9 Å². The SMILES string of the molecule is CONC(=O)c1cc(-c2cnc(Nc3cc(OC)cc(OC)c3)nc2-n2ccc(C(F)(F)F)n2)cnc1OC. The molecule has 0 radical (unpaired) electrons. The highest BCUT2D eigenvalue weighted by atomic mass is 19.4. The molecule has 3 heterocycles. The molecule has 0 aliphatic carbocycles. The van der Waals surface area contributed by atoms with Gasteiger partial charge in [0.25, 0.3) is 5.91 Å². The minimum atomic E-state index is -4.68. The average Bonchev–Trinajstić information content (AvgIpc) is 3.44. The Bertz CT molecular complexity index is 1470. The second-order valence-electron chi connectivity index (χ2n) is 7.72. The van der Waals surface area contributed by atoms with Crippen molar-refractivity contribution in [2.75, 3.05) is 33.8 Å². The van der Waals surface area contributed by atoms with E-state index in [4.69, 9.17) is 14.2 Å². The lowest BCUT2D eigenvalue weighted by atomic mass is 10.1. The first-order valence-corrected chi connectivity index (χ1v) is 11.0. The Balaban J connectivity index is 1.84. The molecular weight excluding hydrogens is 523 g/mol. The first-order valence-electron chi connectivity index (χ1n) is 11.0. The van der Waals surface area contributed by atoms with Crippen LogP contribution in [0, 0.1) is 0 Å². The fourth-order valence-electron chi connectivity index (χ4n) is 3.49. The zero-order valence-corrected chi connectivity index (χ0v) is 21.0. The van der Waals surface area contributed by atoms with Crippen molar-refractivity contribution in [3.63, 3.8) is 0 Å². The number of rotatable bonds is 9. The topological polar surface area (TPSA) is 135 Å². The van der Waals surface area contributed by atoms with Crippen molar-refractivity contribution in [2.45, 2.75) is 6.18 Å². The normalized spacial score (nSPS) is 11.2. The molecule has 39 heavy (non-hydrogen) atoms. The number of anilines is 2. The van der Waals surface area contributed by atoms with Gasteiger partial charge in [-0.2, -0.15) is 23.3 Å². The third-order valence-corrected chi connectivity index (χ3v) is 5.27. The number of ether oxygens (including phenoxy) is 3. The number of amides is 1. The van der Waals surface area contributed by atoms with Crippen LogP contribution in [0.4, 0.5) is 24.8 Å². The van der Waals surface area contributed by atoms with Crippen LogP contribution in [0.15, 0.2) is 48.9 Å². The van der Waals surface area contributed by atoms with Gasteiger partial charge in [-0.1, -0.05) is 0 Å². The molecule has 2 N–H and O–H groups in total. The van der Waals surface area contributed by atoms with E-state index in [0.717, 1.165) is 16.9 Å². The van der Waals surface area contributed by atoms with Crippen LogP contribution in [0.5, 0.6) is 17.4 Å². The smallest absolute Gasteiger partial charge is 0.435 e. The minimum Gasteiger partial charge on any atom is -0.497 e. The molecule has 0 bridgehead atoms. The predicted molar refractivity (Wildman–Crippen MR) is 131 cm³/mol. The maximum Gasteiger partial charge on any atom is 0.435 e. The molecule has 12 nitrogen and oxygen atoms in total. The molecule has 4 aromatic rings. The summed E-state index contributed by atoms with van der Waals surface area (Å²) in [6, 6.07) is 7.20. The number of pyridine rings is 1. The van der Waals surface area contributed by atoms with Gasteiger partial charge in [0.2, 0.25) is 11.8 Å². The monoisotopic (exact) mass is 545 g/mol. The fraction of sp³-hybridized carbons (Fsp3) is 0.208. The van der Waals surface area contributed by atoms with Crippen molar-refractivity contribution in [1.82, 2.24) is 30.2 Å². The molecule has 0 spiro atoms. The number of aromatic nitrogens is 5. The molecule has 0 aliphatic heterocycles. The zero-order chi connectivity index (χ0) is 28.2. The van der Waals surface area contributed by atoms with Crippen molar-refractivity contribution in [3.8, 4) is 34.3 Å². The summed E-state index contributed by atoms with van der Waals surface area (Å²) >= 11 is 0. The van der Waals surface area contributed by atoms with Gasteiger partial charge < -0.3 is 19.5 Å². The third-order valence-electron chi connectivity index (χ3n) is 5.27. The molecular formula is C24H22F3N7O5. The average molecular weight is 545 g/mol. The molecule has 1 amide bonds. The Hall–Kier alpha value is -4.92. The first kappa shape index (κ1) is 27.1. The fourth-order valence-corrected chi connectivity index (χ4v) is 3.49. The van der Waals surface area contributed by atoms with Crippen molar-refractivity contribution in [2.24, 2.45) is 0 Å². The molecule has 3 aromatic heterocycles. The standard InChI is InChI=1S/C24H22F3N7O5/c1-36-15-8-14(9-16(10-15)37-2)30-23-29-12-18(20(31-23)34-6-5-19(32-34)24(25,26)27)13-7-17(21(35)33-39-4)22(38-3)28-11-13/h5-12H,1-4H3,(H,33,35)(H,29,30,31). The van der Waals surface area contributed by atoms with E-state index in [2.05, 4.69) is 35.7 Å². The lowest BCUT2D eigenvalue weighted by Gasteiger charge is -2.14. The minimum absolute atomic E-state index is 0.000487. The van der Waals surface area contributed by atoms with Crippen LogP contribution in [0.2, 0.25) is 0 Å². The number of hydrogen-bond donors (Lipinski definition) is 2. The highest BCUT2D eigenvalue weighted by molar-refractivity contribution is 5.97. The largest absolute Gasteiger partial charge is 0.497 e. The number of benzene rings is 1. The number of carbonyl (C=O) groups excluding carboxylic acids is 1. The Labute approximate surface area is 219 Å². The van der Waals surface area contributed by atoms with Gasteiger partial charge in [-0.3, -0.25) is 9.63 Å². The van der Waals surface area contributed by atoms with Gasteiger partial charge in [-0.05, 0) is 12.1 Å². The maximum atomic E-state index is 13.3. The summed E-state index contributed by atoms with van der Waals surface area (Å²) in [7, 11) is 5.56. The van der Waals surface area contributed by atoms with Crippen LogP contribution in [0.3, 0.4) is 0 Å². The lowest BCUT2D eigenvalue weighted by Crippen LogP contribution is -2.22. The number of halogens is 3. The van der Waals surface area contributed by atoms with Crippen LogP contribution < -0.4 is 25.0 Å². The van der Waals surface area contributed by atoms with Crippen LogP contribution in [-0.2, 0) is 11.0 Å². The molecule has 4 rings (SSSR count). The van der Waals surface area contributed by atoms with Crippen molar-refractivity contribution < 1.29 is 37.0 Å². The van der Waals surface area contributed by atoms with E-state index < -0.39 is 17.8 Å². The number of hydroxylamine groups is 1. The molecule has 1 aromatic carbocycles. The molecule has 204 valence electrons. The lowest BCUT2D eigenvalue weighted by molar-refractivity contribution is -0.141. The molecule has 0 saturated heterocycles. The molecule has 0 atom stereocenters. The van der Waals surface area contributed by atoms with Gasteiger partial charge in [-0.15, -0.1) is 0 Å². The van der Waals surface area contributed by atoms with Crippen molar-refractivity contribution in [1.29, 1.82) is 0 Å². The van der Waals surface area contributed by atoms with Crippen LogP contribution in [0.1, 0.15) is 16.1 Å². The van der Waals surface area contributed by atoms with Gasteiger partial charge in [0, 0.05) is 53.6 Å². The van der Waals surface area contributed by atoms with Crippen molar-refractivity contribution in [3.05, 3.63) is 60.2 Å².